The van der Waals surface area contributed by atoms with Crippen LogP contribution in [0, 0.1) is 5.82 Å². The molecule has 0 saturated heterocycles. The van der Waals surface area contributed by atoms with E-state index in [-0.39, 0.29) is 18.0 Å². The van der Waals surface area contributed by atoms with Crippen molar-refractivity contribution >= 4 is 28.6 Å². The van der Waals surface area contributed by atoms with E-state index in [1.165, 1.54) is 23.5 Å². The fraction of sp³-hybridized carbons (Fsp3) is 0.125. The van der Waals surface area contributed by atoms with Gasteiger partial charge in [-0.3, -0.25) is 4.79 Å². The number of halogens is 1. The molecule has 0 aliphatic heterocycles. The molecule has 2 heterocycles. The highest BCUT2D eigenvalue weighted by Crippen LogP contribution is 2.27. The van der Waals surface area contributed by atoms with Gasteiger partial charge in [-0.25, -0.2) is 9.37 Å². The quantitative estimate of drug-likeness (QED) is 0.742. The van der Waals surface area contributed by atoms with Crippen LogP contribution in [0.2, 0.25) is 0 Å². The number of aromatic nitrogens is 1. The predicted molar refractivity (Wildman–Crippen MR) is 89.1 cm³/mol. The van der Waals surface area contributed by atoms with Gasteiger partial charge in [-0.1, -0.05) is 24.3 Å². The van der Waals surface area contributed by atoms with Crippen molar-refractivity contribution in [2.24, 2.45) is 0 Å². The first kappa shape index (κ1) is 15.8. The number of hydrogen-bond acceptors (Lipinski definition) is 5. The van der Waals surface area contributed by atoms with E-state index in [1.54, 1.807) is 28.8 Å². The number of rotatable bonds is 5. The van der Waals surface area contributed by atoms with Crippen LogP contribution in [0.15, 0.2) is 47.2 Å². The topological polar surface area (TPSA) is 62.2 Å². The fourth-order valence-electron chi connectivity index (χ4n) is 2.03. The van der Waals surface area contributed by atoms with Crippen LogP contribution < -0.4 is 5.32 Å². The highest BCUT2D eigenvalue weighted by molar-refractivity contribution is 7.20. The minimum Gasteiger partial charge on any atom is -0.386 e. The molecule has 0 bridgehead atoms. The lowest BCUT2D eigenvalue weighted by Crippen LogP contribution is -2.28. The van der Waals surface area contributed by atoms with E-state index in [2.05, 4.69) is 10.3 Å². The number of amides is 1. The standard InChI is InChI=1S/C16H13FN2O2S2/c17-11-5-2-1-4-10(11)13(20)8-18-15(21)12-9-23-16(19-12)14-6-3-7-22-14/h1-7,9,13,20H,8H2,(H,18,21). The van der Waals surface area contributed by atoms with Crippen molar-refractivity contribution in [1.82, 2.24) is 10.3 Å². The molecule has 2 N–H and O–H groups in total. The van der Waals surface area contributed by atoms with E-state index >= 15 is 0 Å². The second kappa shape index (κ2) is 6.99. The average molecular weight is 348 g/mol. The summed E-state index contributed by atoms with van der Waals surface area (Å²) in [5, 5.41) is 16.9. The van der Waals surface area contributed by atoms with Crippen LogP contribution >= 0.6 is 22.7 Å². The Kier molecular flexibility index (Phi) is 4.80. The number of nitrogens with zero attached hydrogens (tertiary/aromatic N) is 1. The van der Waals surface area contributed by atoms with Crippen molar-refractivity contribution in [3.8, 4) is 9.88 Å². The molecule has 4 nitrogen and oxygen atoms in total. The van der Waals surface area contributed by atoms with Crippen LogP contribution in [0.1, 0.15) is 22.2 Å². The van der Waals surface area contributed by atoms with Crippen LogP contribution in [0.4, 0.5) is 4.39 Å². The number of carbonyl (C=O) groups excluding carboxylic acids is 1. The molecule has 1 unspecified atom stereocenters. The Hall–Kier alpha value is -2.09. The first-order valence-corrected chi connectivity index (χ1v) is 8.61. The summed E-state index contributed by atoms with van der Waals surface area (Å²) in [6, 6.07) is 9.81. The van der Waals surface area contributed by atoms with Gasteiger partial charge < -0.3 is 10.4 Å². The fourth-order valence-corrected chi connectivity index (χ4v) is 3.64. The van der Waals surface area contributed by atoms with E-state index in [0.29, 0.717) is 5.69 Å². The molecule has 2 aromatic heterocycles. The summed E-state index contributed by atoms with van der Waals surface area (Å²) in [7, 11) is 0. The number of benzene rings is 1. The number of thiophene rings is 1. The zero-order chi connectivity index (χ0) is 16.2. The average Bonchev–Trinajstić information content (AvgIpc) is 3.23. The normalized spacial score (nSPS) is 12.1. The maximum atomic E-state index is 13.6. The van der Waals surface area contributed by atoms with Crippen molar-refractivity contribution in [2.75, 3.05) is 6.54 Å². The highest BCUT2D eigenvalue weighted by atomic mass is 32.1. The molecular weight excluding hydrogens is 335 g/mol. The van der Waals surface area contributed by atoms with Crippen molar-refractivity contribution in [3.05, 3.63) is 64.2 Å². The van der Waals surface area contributed by atoms with E-state index in [4.69, 9.17) is 0 Å². The van der Waals surface area contributed by atoms with Crippen LogP contribution in [0.25, 0.3) is 9.88 Å². The molecule has 0 saturated carbocycles. The number of aliphatic hydroxyl groups excluding tert-OH is 1. The third kappa shape index (κ3) is 3.64. The second-order valence-electron chi connectivity index (χ2n) is 4.76. The first-order valence-electron chi connectivity index (χ1n) is 6.85. The molecule has 118 valence electrons. The Balaban J connectivity index is 1.63. The summed E-state index contributed by atoms with van der Waals surface area (Å²) in [5.74, 6) is -0.887. The number of nitrogens with one attached hydrogen (secondary N) is 1. The molecule has 1 aromatic carbocycles. The van der Waals surface area contributed by atoms with Crippen molar-refractivity contribution in [3.63, 3.8) is 0 Å². The van der Waals surface area contributed by atoms with Crippen LogP contribution in [-0.4, -0.2) is 22.5 Å². The minimum atomic E-state index is -1.10. The summed E-state index contributed by atoms with van der Waals surface area (Å²) in [4.78, 5) is 17.4. The minimum absolute atomic E-state index is 0.0777. The lowest BCUT2D eigenvalue weighted by molar-refractivity contribution is 0.0910. The van der Waals surface area contributed by atoms with Crippen LogP contribution in [0.5, 0.6) is 0 Å². The van der Waals surface area contributed by atoms with E-state index < -0.39 is 11.9 Å². The van der Waals surface area contributed by atoms with Gasteiger partial charge in [0.25, 0.3) is 5.91 Å². The van der Waals surface area contributed by atoms with Crippen molar-refractivity contribution in [2.45, 2.75) is 6.10 Å². The van der Waals surface area contributed by atoms with Crippen molar-refractivity contribution < 1.29 is 14.3 Å². The molecule has 0 radical (unpaired) electrons. The van der Waals surface area contributed by atoms with E-state index in [9.17, 15) is 14.3 Å². The van der Waals surface area contributed by atoms with Gasteiger partial charge in [-0.05, 0) is 17.5 Å². The zero-order valence-corrected chi connectivity index (χ0v) is 13.5. The zero-order valence-electron chi connectivity index (χ0n) is 11.9. The number of hydrogen-bond donors (Lipinski definition) is 2. The number of aliphatic hydroxyl groups is 1. The summed E-state index contributed by atoms with van der Waals surface area (Å²) in [6.45, 7) is -0.0777. The molecule has 0 fully saturated rings. The summed E-state index contributed by atoms with van der Waals surface area (Å²) in [5.41, 5.74) is 0.449. The molecular formula is C16H13FN2O2S2. The Morgan fingerprint density at radius 3 is 2.83 bits per heavy atom. The summed E-state index contributed by atoms with van der Waals surface area (Å²) < 4.78 is 13.6. The number of carbonyl (C=O) groups is 1. The van der Waals surface area contributed by atoms with Gasteiger partial charge >= 0.3 is 0 Å². The number of thiazole rings is 1. The molecule has 0 aliphatic carbocycles. The van der Waals surface area contributed by atoms with Gasteiger partial charge in [0.2, 0.25) is 0 Å². The third-order valence-electron chi connectivity index (χ3n) is 3.19. The molecule has 0 spiro atoms. The molecule has 0 aliphatic rings. The van der Waals surface area contributed by atoms with Gasteiger partial charge in [0.1, 0.15) is 16.5 Å². The Labute approximate surface area is 140 Å². The maximum absolute atomic E-state index is 13.6. The van der Waals surface area contributed by atoms with Gasteiger partial charge in [0.15, 0.2) is 0 Å². The lowest BCUT2D eigenvalue weighted by atomic mass is 10.1. The first-order chi connectivity index (χ1) is 11.1. The van der Waals surface area contributed by atoms with Gasteiger partial charge in [0, 0.05) is 17.5 Å². The summed E-state index contributed by atoms with van der Waals surface area (Å²) in [6.07, 6.45) is -1.10. The Bertz CT molecular complexity index is 802. The summed E-state index contributed by atoms with van der Waals surface area (Å²) >= 11 is 2.94. The SMILES string of the molecule is O=C(NCC(O)c1ccccc1F)c1csc(-c2cccs2)n1. The molecule has 1 atom stereocenters. The monoisotopic (exact) mass is 348 g/mol. The molecule has 1 amide bonds. The largest absolute Gasteiger partial charge is 0.386 e. The van der Waals surface area contributed by atoms with Crippen molar-refractivity contribution in [1.29, 1.82) is 0 Å². The molecule has 7 heteroatoms. The van der Waals surface area contributed by atoms with Crippen LogP contribution in [-0.2, 0) is 0 Å². The predicted octanol–water partition coefficient (Wildman–Crippen LogP) is 3.47. The van der Waals surface area contributed by atoms with Gasteiger partial charge in [0.05, 0.1) is 11.0 Å². The lowest BCUT2D eigenvalue weighted by Gasteiger charge is -2.12. The van der Waals surface area contributed by atoms with Crippen LogP contribution in [0.3, 0.4) is 0 Å². The Morgan fingerprint density at radius 1 is 1.26 bits per heavy atom. The molecule has 23 heavy (non-hydrogen) atoms. The smallest absolute Gasteiger partial charge is 0.270 e. The van der Waals surface area contributed by atoms with E-state index in [0.717, 1.165) is 9.88 Å². The molecule has 3 aromatic rings. The van der Waals surface area contributed by atoms with Gasteiger partial charge in [-0.15, -0.1) is 22.7 Å². The van der Waals surface area contributed by atoms with Gasteiger partial charge in [-0.2, -0.15) is 0 Å². The van der Waals surface area contributed by atoms with E-state index in [1.807, 2.05) is 17.5 Å². The Morgan fingerprint density at radius 2 is 2.09 bits per heavy atom. The third-order valence-corrected chi connectivity index (χ3v) is 5.07. The maximum Gasteiger partial charge on any atom is 0.270 e. The highest BCUT2D eigenvalue weighted by Gasteiger charge is 2.16. The second-order valence-corrected chi connectivity index (χ2v) is 6.57. The molecule has 3 rings (SSSR count).